The van der Waals surface area contributed by atoms with Crippen molar-refractivity contribution >= 4 is 34.0 Å². The summed E-state index contributed by atoms with van der Waals surface area (Å²) in [5.74, 6) is -0.123. The number of hydrogen-bond donors (Lipinski definition) is 1. The highest BCUT2D eigenvalue weighted by Crippen LogP contribution is 2.24. The van der Waals surface area contributed by atoms with E-state index in [9.17, 15) is 9.59 Å². The van der Waals surface area contributed by atoms with Gasteiger partial charge in [0.05, 0.1) is 22.5 Å². The van der Waals surface area contributed by atoms with Gasteiger partial charge in [-0.2, -0.15) is 0 Å². The number of oxazole rings is 2. The van der Waals surface area contributed by atoms with Gasteiger partial charge in [0.25, 0.3) is 0 Å². The number of thiophene rings is 1. The lowest BCUT2D eigenvalue weighted by Gasteiger charge is -2.09. The molecule has 0 saturated heterocycles. The van der Waals surface area contributed by atoms with Crippen LogP contribution in [0.3, 0.4) is 0 Å². The minimum atomic E-state index is -0.408. The molecule has 0 fully saturated rings. The highest BCUT2D eigenvalue weighted by atomic mass is 32.1. The average molecular weight is 412 g/mol. The first-order valence-corrected chi connectivity index (χ1v) is 9.94. The maximum Gasteiger partial charge on any atom is 0.419 e. The number of nitrogens with one attached hydrogen (secondary N) is 1. The number of carbonyl (C=O) groups excluding carboxylic acids is 1. The van der Waals surface area contributed by atoms with Crippen LogP contribution in [0.5, 0.6) is 0 Å². The fourth-order valence-corrected chi connectivity index (χ4v) is 3.58. The molecule has 9 heteroatoms. The van der Waals surface area contributed by atoms with Crippen LogP contribution in [0.4, 0.5) is 5.69 Å². The first-order valence-electron chi connectivity index (χ1n) is 9.06. The van der Waals surface area contributed by atoms with Crippen molar-refractivity contribution in [3.8, 4) is 10.8 Å². The second kappa shape index (κ2) is 8.06. The van der Waals surface area contributed by atoms with E-state index in [1.165, 1.54) is 17.6 Å². The summed E-state index contributed by atoms with van der Waals surface area (Å²) in [6.07, 6.45) is 1.58. The third kappa shape index (κ3) is 4.30. The van der Waals surface area contributed by atoms with Gasteiger partial charge in [0, 0.05) is 18.8 Å². The molecule has 1 aromatic carbocycles. The van der Waals surface area contributed by atoms with E-state index in [4.69, 9.17) is 8.83 Å². The van der Waals surface area contributed by atoms with Crippen molar-refractivity contribution in [1.29, 1.82) is 0 Å². The number of carbonyl (C=O) groups is 1. The lowest BCUT2D eigenvalue weighted by molar-refractivity contribution is -0.115. The second-order valence-corrected chi connectivity index (χ2v) is 7.80. The largest absolute Gasteiger partial charge is 0.444 e. The van der Waals surface area contributed by atoms with Gasteiger partial charge in [-0.3, -0.25) is 9.36 Å². The molecular weight excluding hydrogens is 392 g/mol. The van der Waals surface area contributed by atoms with Crippen LogP contribution in [-0.4, -0.2) is 41.0 Å². The van der Waals surface area contributed by atoms with E-state index in [1.807, 2.05) is 36.5 Å². The van der Waals surface area contributed by atoms with Crippen molar-refractivity contribution in [2.75, 3.05) is 26.0 Å². The molecule has 0 bridgehead atoms. The van der Waals surface area contributed by atoms with Crippen LogP contribution >= 0.6 is 11.3 Å². The molecular formula is C20H20N4O4S. The van der Waals surface area contributed by atoms with Crippen molar-refractivity contribution in [2.45, 2.75) is 13.0 Å². The Labute approximate surface area is 170 Å². The van der Waals surface area contributed by atoms with E-state index >= 15 is 0 Å². The zero-order valence-corrected chi connectivity index (χ0v) is 16.9. The summed E-state index contributed by atoms with van der Waals surface area (Å²) in [5.41, 5.74) is 2.28. The summed E-state index contributed by atoms with van der Waals surface area (Å²) in [4.78, 5) is 31.8. The monoisotopic (exact) mass is 412 g/mol. The van der Waals surface area contributed by atoms with Gasteiger partial charge < -0.3 is 19.1 Å². The molecule has 4 aromatic rings. The summed E-state index contributed by atoms with van der Waals surface area (Å²) < 4.78 is 12.3. The normalized spacial score (nSPS) is 11.4. The molecule has 0 atom stereocenters. The summed E-state index contributed by atoms with van der Waals surface area (Å²) in [5, 5.41) is 4.78. The van der Waals surface area contributed by atoms with Gasteiger partial charge in [0.1, 0.15) is 6.26 Å². The zero-order valence-electron chi connectivity index (χ0n) is 16.0. The highest BCUT2D eigenvalue weighted by molar-refractivity contribution is 7.13. The molecule has 8 nitrogen and oxygen atoms in total. The predicted molar refractivity (Wildman–Crippen MR) is 111 cm³/mol. The standard InChI is InChI=1S/C20H20N4O4S/c1-23(2)7-8-24-15-10-13(5-6-16(15)28-20(24)26)21-18(25)11-14-12-27-19(22-14)17-4-3-9-29-17/h3-6,9-10,12H,7-8,11H2,1-2H3,(H,21,25). The molecule has 0 aliphatic heterocycles. The number of anilines is 1. The predicted octanol–water partition coefficient (Wildman–Crippen LogP) is 3.05. The second-order valence-electron chi connectivity index (χ2n) is 6.85. The summed E-state index contributed by atoms with van der Waals surface area (Å²) in [7, 11) is 3.87. The quantitative estimate of drug-likeness (QED) is 0.501. The van der Waals surface area contributed by atoms with Crippen LogP contribution in [0.2, 0.25) is 0 Å². The van der Waals surface area contributed by atoms with Gasteiger partial charge in [-0.25, -0.2) is 9.78 Å². The summed E-state index contributed by atoms with van der Waals surface area (Å²) in [6.45, 7) is 1.20. The van der Waals surface area contributed by atoms with Crippen LogP contribution in [0.1, 0.15) is 5.69 Å². The molecule has 0 aliphatic carbocycles. The minimum absolute atomic E-state index is 0.0890. The number of rotatable bonds is 7. The number of nitrogens with zero attached hydrogens (tertiary/aromatic N) is 3. The molecule has 0 saturated carbocycles. The van der Waals surface area contributed by atoms with Gasteiger partial charge in [0.2, 0.25) is 11.8 Å². The number of hydrogen-bond acceptors (Lipinski definition) is 7. The third-order valence-electron chi connectivity index (χ3n) is 4.35. The van der Waals surface area contributed by atoms with Crippen molar-refractivity contribution < 1.29 is 13.6 Å². The minimum Gasteiger partial charge on any atom is -0.444 e. The average Bonchev–Trinajstić information content (AvgIpc) is 3.39. The molecule has 1 amide bonds. The number of aromatic nitrogens is 2. The van der Waals surface area contributed by atoms with Gasteiger partial charge >= 0.3 is 5.76 Å². The summed E-state index contributed by atoms with van der Waals surface area (Å²) >= 11 is 1.52. The number of fused-ring (bicyclic) bond motifs is 1. The topological polar surface area (TPSA) is 93.5 Å². The highest BCUT2D eigenvalue weighted by Gasteiger charge is 2.14. The Morgan fingerprint density at radius 2 is 2.17 bits per heavy atom. The third-order valence-corrected chi connectivity index (χ3v) is 5.21. The Morgan fingerprint density at radius 3 is 2.93 bits per heavy atom. The lowest BCUT2D eigenvalue weighted by atomic mass is 10.2. The van der Waals surface area contributed by atoms with Crippen LogP contribution in [0.15, 0.2) is 55.6 Å². The van der Waals surface area contributed by atoms with Crippen LogP contribution in [0.25, 0.3) is 21.9 Å². The first kappa shape index (κ1) is 19.2. The fraction of sp³-hybridized carbons (Fsp3) is 0.250. The smallest absolute Gasteiger partial charge is 0.419 e. The van der Waals surface area contributed by atoms with E-state index in [-0.39, 0.29) is 12.3 Å². The number of benzene rings is 1. The van der Waals surface area contributed by atoms with Gasteiger partial charge in [-0.15, -0.1) is 11.3 Å². The summed E-state index contributed by atoms with van der Waals surface area (Å²) in [6, 6.07) is 8.97. The van der Waals surface area contributed by atoms with E-state index < -0.39 is 5.76 Å². The van der Waals surface area contributed by atoms with Crippen molar-refractivity contribution in [3.63, 3.8) is 0 Å². The molecule has 0 spiro atoms. The molecule has 3 aromatic heterocycles. The molecule has 0 unspecified atom stereocenters. The Balaban J connectivity index is 1.48. The van der Waals surface area contributed by atoms with E-state index in [2.05, 4.69) is 10.3 Å². The first-order chi connectivity index (χ1) is 14.0. The van der Waals surface area contributed by atoms with Crippen LogP contribution in [0, 0.1) is 0 Å². The molecule has 4 rings (SSSR count). The number of amides is 1. The molecule has 29 heavy (non-hydrogen) atoms. The Hall–Kier alpha value is -3.17. The molecule has 0 radical (unpaired) electrons. The SMILES string of the molecule is CN(C)CCn1c(=O)oc2ccc(NC(=O)Cc3coc(-c4cccs4)n3)cc21. The molecule has 3 heterocycles. The van der Waals surface area contributed by atoms with Gasteiger partial charge in [-0.05, 0) is 43.7 Å². The lowest BCUT2D eigenvalue weighted by Crippen LogP contribution is -2.23. The van der Waals surface area contributed by atoms with Gasteiger partial charge in [-0.1, -0.05) is 6.07 Å². The Morgan fingerprint density at radius 1 is 1.31 bits per heavy atom. The van der Waals surface area contributed by atoms with Crippen molar-refractivity contribution in [1.82, 2.24) is 14.5 Å². The Kier molecular flexibility index (Phi) is 5.32. The maximum absolute atomic E-state index is 12.4. The van der Waals surface area contributed by atoms with E-state index in [0.29, 0.717) is 41.5 Å². The maximum atomic E-state index is 12.4. The van der Waals surface area contributed by atoms with Crippen molar-refractivity contribution in [3.05, 3.63) is 58.2 Å². The molecule has 0 aliphatic rings. The van der Waals surface area contributed by atoms with Crippen LogP contribution < -0.4 is 11.1 Å². The number of likely N-dealkylation sites (N-methyl/N-ethyl adjacent to an activating group) is 1. The molecule has 1 N–H and O–H groups in total. The molecule has 150 valence electrons. The van der Waals surface area contributed by atoms with Crippen molar-refractivity contribution in [2.24, 2.45) is 0 Å². The van der Waals surface area contributed by atoms with Crippen LogP contribution in [-0.2, 0) is 17.8 Å². The van der Waals surface area contributed by atoms with Gasteiger partial charge in [0.15, 0.2) is 5.58 Å². The van der Waals surface area contributed by atoms with E-state index in [1.54, 1.807) is 22.8 Å². The van der Waals surface area contributed by atoms with E-state index in [0.717, 1.165) is 4.88 Å². The fourth-order valence-electron chi connectivity index (χ4n) is 2.92. The zero-order chi connectivity index (χ0) is 20.4. The Bertz CT molecular complexity index is 1190.